The van der Waals surface area contributed by atoms with E-state index < -0.39 is 23.2 Å². The summed E-state index contributed by atoms with van der Waals surface area (Å²) in [5.74, 6) is -2.29. The molecule has 2 amide bonds. The Morgan fingerprint density at radius 1 is 0.974 bits per heavy atom. The highest BCUT2D eigenvalue weighted by atomic mass is 35.5. The van der Waals surface area contributed by atoms with Crippen LogP contribution in [-0.4, -0.2) is 38.9 Å². The summed E-state index contributed by atoms with van der Waals surface area (Å²) < 4.78 is 15.6. The zero-order valence-electron chi connectivity index (χ0n) is 20.0. The summed E-state index contributed by atoms with van der Waals surface area (Å²) in [4.78, 5) is 50.8. The molecule has 7 nitrogen and oxygen atoms in total. The van der Waals surface area contributed by atoms with Crippen molar-refractivity contribution in [1.29, 1.82) is 0 Å². The molecule has 0 radical (unpaired) electrons. The Hall–Kier alpha value is -3.88. The first-order valence-corrected chi connectivity index (χ1v) is 13.0. The van der Waals surface area contributed by atoms with E-state index in [0.29, 0.717) is 29.0 Å². The minimum Gasteiger partial charge on any atom is -0.283 e. The maximum atomic E-state index is 14.4. The molecule has 4 atom stereocenters. The van der Waals surface area contributed by atoms with Crippen LogP contribution in [0.3, 0.4) is 0 Å². The van der Waals surface area contributed by atoms with Gasteiger partial charge in [-0.2, -0.15) is 0 Å². The van der Waals surface area contributed by atoms with Crippen molar-refractivity contribution in [3.63, 3.8) is 0 Å². The molecule has 3 fully saturated rings. The summed E-state index contributed by atoms with van der Waals surface area (Å²) in [6.45, 7) is 0.678. The lowest BCUT2D eigenvalue weighted by Crippen LogP contribution is -2.51. The molecule has 4 aromatic rings. The van der Waals surface area contributed by atoms with Crippen LogP contribution in [-0.2, 0) is 15.1 Å². The third-order valence-electron chi connectivity index (χ3n) is 8.80. The third kappa shape index (κ3) is 2.43. The number of nitrogens with zero attached hydrogens (tertiary/aromatic N) is 4. The zero-order valence-corrected chi connectivity index (χ0v) is 20.7. The fraction of sp³-hybridized carbons (Fsp3) is 0.241. The second-order valence-electron chi connectivity index (χ2n) is 10.4. The summed E-state index contributed by atoms with van der Waals surface area (Å²) in [5, 5.41) is 0.334. The highest BCUT2D eigenvalue weighted by Crippen LogP contribution is 2.62. The Labute approximate surface area is 221 Å². The molecule has 38 heavy (non-hydrogen) atoms. The fourth-order valence-electron chi connectivity index (χ4n) is 7.49. The van der Waals surface area contributed by atoms with E-state index in [9.17, 15) is 18.8 Å². The molecule has 4 aliphatic heterocycles. The van der Waals surface area contributed by atoms with Crippen molar-refractivity contribution in [3.8, 4) is 5.69 Å². The van der Waals surface area contributed by atoms with E-state index in [1.807, 2.05) is 36.4 Å². The highest BCUT2D eigenvalue weighted by molar-refractivity contribution is 6.31. The van der Waals surface area contributed by atoms with Gasteiger partial charge in [0, 0.05) is 11.6 Å². The lowest BCUT2D eigenvalue weighted by atomic mass is 9.75. The van der Waals surface area contributed by atoms with Gasteiger partial charge in [-0.15, -0.1) is 0 Å². The van der Waals surface area contributed by atoms with Crippen LogP contribution in [0.2, 0.25) is 5.02 Å². The van der Waals surface area contributed by atoms with Crippen LogP contribution in [0.1, 0.15) is 24.2 Å². The van der Waals surface area contributed by atoms with E-state index in [2.05, 4.69) is 4.90 Å². The van der Waals surface area contributed by atoms with Crippen molar-refractivity contribution in [2.75, 3.05) is 11.4 Å². The molecule has 0 aliphatic carbocycles. The number of para-hydroxylation sites is 2. The van der Waals surface area contributed by atoms with Crippen LogP contribution < -0.4 is 10.5 Å². The van der Waals surface area contributed by atoms with Gasteiger partial charge in [0.15, 0.2) is 0 Å². The number of aromatic nitrogens is 2. The topological polar surface area (TPSA) is 75.5 Å². The molecule has 1 aromatic heterocycles. The second-order valence-corrected chi connectivity index (χ2v) is 10.8. The number of carbonyl (C=O) groups is 2. The van der Waals surface area contributed by atoms with Crippen LogP contribution in [0.15, 0.2) is 71.5 Å². The van der Waals surface area contributed by atoms with E-state index in [1.54, 1.807) is 16.7 Å². The van der Waals surface area contributed by atoms with Crippen molar-refractivity contribution >= 4 is 40.0 Å². The molecule has 0 N–H and O–H groups in total. The number of amides is 2. The number of benzene rings is 3. The number of rotatable bonds is 1. The standard InChI is InChI=1S/C29H20ClFN4O3/c30-18-14-15(11-12-19(18)31)34-26(37)23-22-10-5-13-33(22)29(24(23)27(34)38)17-7-2-4-9-21(17)35-25(36)16-6-1-3-8-20(16)32-28(29)35/h1-4,6-9,11-12,14,22-24H,5,10,13H2/t22-,23-,24+,29-/m0/s1. The van der Waals surface area contributed by atoms with E-state index in [1.165, 1.54) is 12.1 Å². The minimum absolute atomic E-state index is 0.159. The largest absolute Gasteiger partial charge is 0.283 e. The van der Waals surface area contributed by atoms with Gasteiger partial charge in [0.05, 0.1) is 39.1 Å². The summed E-state index contributed by atoms with van der Waals surface area (Å²) >= 11 is 6.04. The monoisotopic (exact) mass is 526 g/mol. The number of hydrogen-bond acceptors (Lipinski definition) is 5. The number of hydrogen-bond donors (Lipinski definition) is 0. The molecule has 0 unspecified atom stereocenters. The van der Waals surface area contributed by atoms with Crippen molar-refractivity contribution in [1.82, 2.24) is 14.5 Å². The molecule has 0 bridgehead atoms. The van der Waals surface area contributed by atoms with E-state index in [-0.39, 0.29) is 34.1 Å². The number of imide groups is 1. The van der Waals surface area contributed by atoms with Crippen molar-refractivity contribution in [3.05, 3.63) is 99.3 Å². The number of carbonyl (C=O) groups excluding carboxylic acids is 2. The summed E-state index contributed by atoms with van der Waals surface area (Å²) in [7, 11) is 0. The van der Waals surface area contributed by atoms with Gasteiger partial charge in [-0.25, -0.2) is 14.3 Å². The van der Waals surface area contributed by atoms with Gasteiger partial charge in [0.25, 0.3) is 5.56 Å². The molecule has 3 saturated heterocycles. The predicted molar refractivity (Wildman–Crippen MR) is 139 cm³/mol. The Kier molecular flexibility index (Phi) is 4.29. The van der Waals surface area contributed by atoms with Crippen LogP contribution in [0.5, 0.6) is 0 Å². The summed E-state index contributed by atoms with van der Waals surface area (Å²) in [6, 6.07) is 18.5. The van der Waals surface area contributed by atoms with Crippen molar-refractivity contribution in [2.24, 2.45) is 11.8 Å². The molecule has 9 heteroatoms. The van der Waals surface area contributed by atoms with Crippen LogP contribution in [0, 0.1) is 17.7 Å². The molecule has 3 aromatic carbocycles. The molecular formula is C29H20ClFN4O3. The maximum Gasteiger partial charge on any atom is 0.266 e. The smallest absolute Gasteiger partial charge is 0.266 e. The van der Waals surface area contributed by atoms with Crippen LogP contribution in [0.25, 0.3) is 16.6 Å². The number of halogens is 2. The third-order valence-corrected chi connectivity index (χ3v) is 9.09. The highest BCUT2D eigenvalue weighted by Gasteiger charge is 2.73. The lowest BCUT2D eigenvalue weighted by Gasteiger charge is -2.38. The first-order valence-electron chi connectivity index (χ1n) is 12.7. The van der Waals surface area contributed by atoms with Crippen molar-refractivity contribution in [2.45, 2.75) is 24.4 Å². The first kappa shape index (κ1) is 22.1. The van der Waals surface area contributed by atoms with Gasteiger partial charge in [0.1, 0.15) is 17.2 Å². The Morgan fingerprint density at radius 3 is 2.61 bits per heavy atom. The number of anilines is 1. The van der Waals surface area contributed by atoms with Gasteiger partial charge < -0.3 is 0 Å². The second kappa shape index (κ2) is 7.36. The maximum absolute atomic E-state index is 14.4. The molecule has 5 heterocycles. The Morgan fingerprint density at radius 2 is 1.76 bits per heavy atom. The fourth-order valence-corrected chi connectivity index (χ4v) is 7.67. The van der Waals surface area contributed by atoms with E-state index >= 15 is 0 Å². The van der Waals surface area contributed by atoms with Crippen LogP contribution >= 0.6 is 11.6 Å². The average molecular weight is 527 g/mol. The van der Waals surface area contributed by atoms with Gasteiger partial charge in [-0.3, -0.25) is 23.9 Å². The normalized spacial score (nSPS) is 27.3. The molecule has 4 aliphatic rings. The zero-order chi connectivity index (χ0) is 25.9. The molecule has 188 valence electrons. The summed E-state index contributed by atoms with van der Waals surface area (Å²) in [6.07, 6.45) is 1.61. The van der Waals surface area contributed by atoms with Gasteiger partial charge in [-0.1, -0.05) is 41.9 Å². The predicted octanol–water partition coefficient (Wildman–Crippen LogP) is 4.02. The molecule has 0 saturated carbocycles. The van der Waals surface area contributed by atoms with Gasteiger partial charge in [-0.05, 0) is 55.8 Å². The van der Waals surface area contributed by atoms with Crippen LogP contribution in [0.4, 0.5) is 10.1 Å². The van der Waals surface area contributed by atoms with E-state index in [4.69, 9.17) is 16.6 Å². The Bertz CT molecular complexity index is 1800. The van der Waals surface area contributed by atoms with Crippen molar-refractivity contribution < 1.29 is 14.0 Å². The average Bonchev–Trinajstić information content (AvgIpc) is 3.63. The molecule has 1 spiro atoms. The number of fused-ring (bicyclic) bond motifs is 11. The first-order chi connectivity index (χ1) is 18.4. The SMILES string of the molecule is O=C1[C@H]2[C@@H]3CCCN3[C@@]3(c4ccccc4-n4c3nc3ccccc3c4=O)[C@H]2C(=O)N1c1ccc(F)c(Cl)c1. The quantitative estimate of drug-likeness (QED) is 0.350. The van der Waals surface area contributed by atoms with Gasteiger partial charge in [0.2, 0.25) is 11.8 Å². The van der Waals surface area contributed by atoms with Gasteiger partial charge >= 0.3 is 0 Å². The van der Waals surface area contributed by atoms with E-state index in [0.717, 1.165) is 29.4 Å². The lowest BCUT2D eigenvalue weighted by molar-refractivity contribution is -0.124. The Balaban J connectivity index is 1.44. The molecular weight excluding hydrogens is 507 g/mol. The summed E-state index contributed by atoms with van der Waals surface area (Å²) in [5.41, 5.74) is 0.995. The molecule has 8 rings (SSSR count). The minimum atomic E-state index is -1.09.